The number of ketones is 2. The van der Waals surface area contributed by atoms with E-state index in [1.165, 1.54) is 19.9 Å². The molecule has 0 bridgehead atoms. The van der Waals surface area contributed by atoms with Gasteiger partial charge in [-0.2, -0.15) is 26.3 Å². The zero-order valence-electron chi connectivity index (χ0n) is 10.4. The van der Waals surface area contributed by atoms with E-state index in [1.807, 2.05) is 0 Å². The van der Waals surface area contributed by atoms with Crippen molar-refractivity contribution in [1.82, 2.24) is 0 Å². The van der Waals surface area contributed by atoms with Crippen molar-refractivity contribution in [3.63, 3.8) is 0 Å². The molecule has 2 N–H and O–H groups in total. The average Bonchev–Trinajstić information content (AvgIpc) is 2.12. The molecule has 0 rings (SSSR count). The third-order valence-corrected chi connectivity index (χ3v) is 1.25. The van der Waals surface area contributed by atoms with Crippen molar-refractivity contribution in [2.45, 2.75) is 26.2 Å². The molecule has 0 spiro atoms. The molecule has 0 heterocycles. The molecule has 21 heavy (non-hydrogen) atoms. The van der Waals surface area contributed by atoms with E-state index in [0.29, 0.717) is 0 Å². The van der Waals surface area contributed by atoms with Gasteiger partial charge in [0.15, 0.2) is 5.78 Å². The SMILES string of the molecule is CC(=O)C=C(C)O.O=C(C=C(O)C(F)(F)F)C(F)(F)F.[Ni]. The summed E-state index contributed by atoms with van der Waals surface area (Å²) in [6.45, 7) is 2.85. The van der Waals surface area contributed by atoms with Gasteiger partial charge in [0.2, 0.25) is 5.76 Å². The normalized spacial score (nSPS) is 12.8. The summed E-state index contributed by atoms with van der Waals surface area (Å²) in [5, 5.41) is 16.3. The third-order valence-electron chi connectivity index (χ3n) is 1.25. The van der Waals surface area contributed by atoms with Gasteiger partial charge in [-0.3, -0.25) is 9.59 Å². The Morgan fingerprint density at radius 1 is 0.857 bits per heavy atom. The predicted octanol–water partition coefficient (Wildman–Crippen LogP) is 3.16. The maximum atomic E-state index is 11.4. The summed E-state index contributed by atoms with van der Waals surface area (Å²) in [6, 6.07) is 0. The Kier molecular flexibility index (Phi) is 11.0. The number of carbonyl (C=O) groups is 2. The van der Waals surface area contributed by atoms with Crippen LogP contribution in [0.3, 0.4) is 0 Å². The summed E-state index contributed by atoms with van der Waals surface area (Å²) in [7, 11) is 0. The van der Waals surface area contributed by atoms with Crippen molar-refractivity contribution < 1.29 is 62.6 Å². The fourth-order valence-corrected chi connectivity index (χ4v) is 0.582. The van der Waals surface area contributed by atoms with Crippen molar-refractivity contribution in [2.24, 2.45) is 0 Å². The van der Waals surface area contributed by atoms with Gasteiger partial charge in [-0.15, -0.1) is 0 Å². The number of halogens is 6. The van der Waals surface area contributed by atoms with E-state index in [0.717, 1.165) is 0 Å². The smallest absolute Gasteiger partial charge is 0.454 e. The second-order valence-corrected chi connectivity index (χ2v) is 3.29. The number of aliphatic hydroxyl groups is 2. The number of rotatable bonds is 2. The first-order valence-corrected chi connectivity index (χ1v) is 4.64. The molecule has 0 aliphatic rings. The fraction of sp³-hybridized carbons (Fsp3) is 0.400. The largest absolute Gasteiger partial charge is 0.512 e. The van der Waals surface area contributed by atoms with Gasteiger partial charge >= 0.3 is 12.4 Å². The quantitative estimate of drug-likeness (QED) is 0.341. The molecule has 4 nitrogen and oxygen atoms in total. The van der Waals surface area contributed by atoms with E-state index in [-0.39, 0.29) is 28.0 Å². The third kappa shape index (κ3) is 14.7. The van der Waals surface area contributed by atoms with Gasteiger partial charge in [-0.25, -0.2) is 0 Å². The molecule has 0 aromatic heterocycles. The number of allylic oxidation sites excluding steroid dienone is 4. The molecule has 0 saturated carbocycles. The molecule has 0 aliphatic carbocycles. The molecule has 0 aromatic carbocycles. The zero-order chi connectivity index (χ0) is 16.7. The standard InChI is InChI=1S/C5H2F6O2.C5H8O2.Ni/c6-4(7,8)2(12)1-3(13)5(9,10)11;1-4(6)3-5(2)7;/h1,12H;3,6H,1-2H3;. The van der Waals surface area contributed by atoms with Crippen LogP contribution < -0.4 is 0 Å². The van der Waals surface area contributed by atoms with Crippen LogP contribution in [0.1, 0.15) is 13.8 Å². The minimum Gasteiger partial charge on any atom is -0.512 e. The zero-order valence-corrected chi connectivity index (χ0v) is 11.4. The Bertz CT molecular complexity index is 418. The van der Waals surface area contributed by atoms with Gasteiger partial charge in [0.1, 0.15) is 0 Å². The van der Waals surface area contributed by atoms with Gasteiger partial charge in [0.05, 0.1) is 5.76 Å². The predicted molar refractivity (Wildman–Crippen MR) is 54.9 cm³/mol. The number of aliphatic hydroxyl groups excluding tert-OH is 2. The maximum Gasteiger partial charge on any atom is 0.454 e. The number of hydrogen-bond acceptors (Lipinski definition) is 4. The van der Waals surface area contributed by atoms with Crippen LogP contribution in [0.4, 0.5) is 26.3 Å². The second kappa shape index (κ2) is 9.43. The molecule has 0 unspecified atom stereocenters. The first kappa shape index (κ1) is 24.5. The first-order valence-electron chi connectivity index (χ1n) is 4.64. The second-order valence-electron chi connectivity index (χ2n) is 3.29. The number of alkyl halides is 6. The molecule has 0 aliphatic heterocycles. The van der Waals surface area contributed by atoms with Crippen LogP contribution in [0.15, 0.2) is 23.7 Å². The molecule has 0 fully saturated rings. The number of carbonyl (C=O) groups excluding carboxylic acids is 2. The van der Waals surface area contributed by atoms with E-state index in [1.54, 1.807) is 0 Å². The van der Waals surface area contributed by atoms with Crippen molar-refractivity contribution in [1.29, 1.82) is 0 Å². The van der Waals surface area contributed by atoms with Crippen LogP contribution in [0.5, 0.6) is 0 Å². The van der Waals surface area contributed by atoms with Crippen LogP contribution in [0.25, 0.3) is 0 Å². The fourth-order valence-electron chi connectivity index (χ4n) is 0.582. The van der Waals surface area contributed by atoms with E-state index >= 15 is 0 Å². The average molecular weight is 367 g/mol. The molecule has 126 valence electrons. The van der Waals surface area contributed by atoms with E-state index in [2.05, 4.69) is 0 Å². The van der Waals surface area contributed by atoms with Crippen molar-refractivity contribution in [2.75, 3.05) is 0 Å². The molecular weight excluding hydrogens is 357 g/mol. The minimum atomic E-state index is -5.42. The van der Waals surface area contributed by atoms with Gasteiger partial charge in [0.25, 0.3) is 5.78 Å². The van der Waals surface area contributed by atoms with Gasteiger partial charge < -0.3 is 10.2 Å². The van der Waals surface area contributed by atoms with E-state index in [9.17, 15) is 35.9 Å². The summed E-state index contributed by atoms with van der Waals surface area (Å²) in [6.07, 6.45) is -10.5. The Hall–Kier alpha value is -1.51. The Morgan fingerprint density at radius 2 is 1.24 bits per heavy atom. The summed E-state index contributed by atoms with van der Waals surface area (Å²) in [5.41, 5.74) is 0. The van der Waals surface area contributed by atoms with E-state index < -0.39 is 30.0 Å². The van der Waals surface area contributed by atoms with Gasteiger partial charge in [-0.1, -0.05) is 0 Å². The topological polar surface area (TPSA) is 74.6 Å². The van der Waals surface area contributed by atoms with Gasteiger partial charge in [0, 0.05) is 28.6 Å². The van der Waals surface area contributed by atoms with Crippen LogP contribution in [-0.4, -0.2) is 34.1 Å². The van der Waals surface area contributed by atoms with Crippen molar-refractivity contribution >= 4 is 11.6 Å². The molecule has 0 amide bonds. The van der Waals surface area contributed by atoms with Crippen LogP contribution in [0.2, 0.25) is 0 Å². The molecule has 11 heteroatoms. The Morgan fingerprint density at radius 3 is 1.38 bits per heavy atom. The van der Waals surface area contributed by atoms with Crippen molar-refractivity contribution in [3.8, 4) is 0 Å². The molecule has 0 aromatic rings. The van der Waals surface area contributed by atoms with Crippen LogP contribution in [0, 0.1) is 0 Å². The number of hydrogen-bond donors (Lipinski definition) is 2. The van der Waals surface area contributed by atoms with E-state index in [4.69, 9.17) is 10.2 Å². The summed E-state index contributed by atoms with van der Waals surface area (Å²) >= 11 is 0. The monoisotopic (exact) mass is 366 g/mol. The summed E-state index contributed by atoms with van der Waals surface area (Å²) < 4.78 is 68.1. The molecule has 0 saturated heterocycles. The molecular formula is C10H10F6NiO4. The molecule has 0 radical (unpaired) electrons. The minimum absolute atomic E-state index is 0. The first-order chi connectivity index (χ1) is 8.67. The summed E-state index contributed by atoms with van der Waals surface area (Å²) in [4.78, 5) is 19.9. The summed E-state index contributed by atoms with van der Waals surface area (Å²) in [5.74, 6) is -5.40. The van der Waals surface area contributed by atoms with Crippen molar-refractivity contribution in [3.05, 3.63) is 23.7 Å². The van der Waals surface area contributed by atoms with Crippen LogP contribution in [-0.2, 0) is 26.1 Å². The van der Waals surface area contributed by atoms with Gasteiger partial charge in [-0.05, 0) is 13.8 Å². The Labute approximate surface area is 125 Å². The van der Waals surface area contributed by atoms with Crippen LogP contribution >= 0.6 is 0 Å². The maximum absolute atomic E-state index is 11.4. The Balaban J connectivity index is -0.000000347. The molecule has 0 atom stereocenters.